The molecule has 0 radical (unpaired) electrons. The predicted octanol–water partition coefficient (Wildman–Crippen LogP) is 3.65. The smallest absolute Gasteiger partial charge is 0.168 e. The summed E-state index contributed by atoms with van der Waals surface area (Å²) in [7, 11) is 0. The minimum absolute atomic E-state index is 0.231. The molecular weight excluding hydrogens is 383 g/mol. The molecule has 0 spiro atoms. The first-order chi connectivity index (χ1) is 14.7. The van der Waals surface area contributed by atoms with E-state index in [4.69, 9.17) is 10.5 Å². The summed E-state index contributed by atoms with van der Waals surface area (Å²) >= 11 is 0. The van der Waals surface area contributed by atoms with Crippen LogP contribution >= 0.6 is 0 Å². The lowest BCUT2D eigenvalue weighted by atomic mass is 10.1. The van der Waals surface area contributed by atoms with Crippen LogP contribution in [0.5, 0.6) is 11.5 Å². The number of anilines is 1. The highest BCUT2D eigenvalue weighted by molar-refractivity contribution is 5.99. The molecule has 8 heteroatoms. The number of para-hydroxylation sites is 1. The zero-order valence-electron chi connectivity index (χ0n) is 16.0. The van der Waals surface area contributed by atoms with Gasteiger partial charge < -0.3 is 15.8 Å². The van der Waals surface area contributed by atoms with E-state index < -0.39 is 6.17 Å². The molecule has 3 N–H and O–H groups in total. The number of ether oxygens (including phenoxy) is 1. The standard InChI is InChI=1S/C22H19FN6O/c23-17-12-25-11-10-18(17)29-22-19(21(24)26-13-27-22)20(28-29)14-6-8-16(9-7-14)30-15-4-2-1-3-5-15/h1-10,13,17,25H,11-12H2,(H2,24,26,27). The van der Waals surface area contributed by atoms with Crippen LogP contribution in [0.4, 0.5) is 10.2 Å². The van der Waals surface area contributed by atoms with Gasteiger partial charge in [-0.25, -0.2) is 19.0 Å². The molecule has 0 fully saturated rings. The number of nitrogen functional groups attached to an aromatic ring is 1. The van der Waals surface area contributed by atoms with Gasteiger partial charge in [0.25, 0.3) is 0 Å². The summed E-state index contributed by atoms with van der Waals surface area (Å²) in [5.74, 6) is 1.75. The van der Waals surface area contributed by atoms with E-state index in [0.717, 1.165) is 11.3 Å². The Balaban J connectivity index is 1.57. The van der Waals surface area contributed by atoms with Crippen molar-refractivity contribution >= 4 is 22.5 Å². The van der Waals surface area contributed by atoms with Gasteiger partial charge in [0.15, 0.2) is 11.8 Å². The van der Waals surface area contributed by atoms with Gasteiger partial charge in [0.1, 0.15) is 29.3 Å². The molecule has 2 aromatic heterocycles. The second-order valence-electron chi connectivity index (χ2n) is 6.91. The highest BCUT2D eigenvalue weighted by Gasteiger charge is 2.24. The van der Waals surface area contributed by atoms with Crippen LogP contribution in [-0.4, -0.2) is 39.0 Å². The molecule has 7 nitrogen and oxygen atoms in total. The number of aromatic nitrogens is 4. The quantitative estimate of drug-likeness (QED) is 0.542. The lowest BCUT2D eigenvalue weighted by molar-refractivity contribution is 0.374. The molecule has 150 valence electrons. The first-order valence-corrected chi connectivity index (χ1v) is 9.58. The van der Waals surface area contributed by atoms with Gasteiger partial charge in [0.2, 0.25) is 0 Å². The molecule has 0 saturated heterocycles. The molecule has 2 aromatic carbocycles. The maximum Gasteiger partial charge on any atom is 0.168 e. The Morgan fingerprint density at radius 2 is 1.80 bits per heavy atom. The van der Waals surface area contributed by atoms with Gasteiger partial charge in [0, 0.05) is 18.7 Å². The summed E-state index contributed by atoms with van der Waals surface area (Å²) in [6.07, 6.45) is 1.96. The Hall–Kier alpha value is -3.78. The average molecular weight is 402 g/mol. The van der Waals surface area contributed by atoms with Gasteiger partial charge in [-0.3, -0.25) is 0 Å². The van der Waals surface area contributed by atoms with Crippen LogP contribution in [0.25, 0.3) is 28.0 Å². The van der Waals surface area contributed by atoms with E-state index in [2.05, 4.69) is 20.4 Å². The van der Waals surface area contributed by atoms with E-state index in [-0.39, 0.29) is 6.54 Å². The molecule has 1 atom stereocenters. The molecule has 1 aliphatic rings. The summed E-state index contributed by atoms with van der Waals surface area (Å²) in [5, 5.41) is 8.26. The Kier molecular flexibility index (Phi) is 4.61. The highest BCUT2D eigenvalue weighted by atomic mass is 19.1. The molecule has 1 unspecified atom stereocenters. The average Bonchev–Trinajstić information content (AvgIpc) is 3.16. The maximum atomic E-state index is 14.6. The molecular formula is C22H19FN6O. The normalized spacial score (nSPS) is 16.4. The number of nitrogens with one attached hydrogen (secondary N) is 1. The van der Waals surface area contributed by atoms with E-state index in [1.165, 1.54) is 11.0 Å². The molecule has 0 bridgehead atoms. The summed E-state index contributed by atoms with van der Waals surface area (Å²) in [6.45, 7) is 0.799. The topological polar surface area (TPSA) is 90.9 Å². The highest BCUT2D eigenvalue weighted by Crippen LogP contribution is 2.34. The number of nitrogens with two attached hydrogens (primary N) is 1. The van der Waals surface area contributed by atoms with Crippen LogP contribution in [0.3, 0.4) is 0 Å². The number of hydrogen-bond donors (Lipinski definition) is 2. The maximum absolute atomic E-state index is 14.6. The van der Waals surface area contributed by atoms with E-state index >= 15 is 0 Å². The lowest BCUT2D eigenvalue weighted by Crippen LogP contribution is -2.32. The van der Waals surface area contributed by atoms with Crippen LogP contribution in [-0.2, 0) is 0 Å². The fourth-order valence-corrected chi connectivity index (χ4v) is 3.50. The summed E-state index contributed by atoms with van der Waals surface area (Å²) in [4.78, 5) is 8.44. The van der Waals surface area contributed by atoms with Crippen LogP contribution in [0.15, 0.2) is 67.0 Å². The monoisotopic (exact) mass is 402 g/mol. The number of alkyl halides is 1. The van der Waals surface area contributed by atoms with E-state index in [1.54, 1.807) is 6.08 Å². The third-order valence-electron chi connectivity index (χ3n) is 4.95. The van der Waals surface area contributed by atoms with E-state index in [9.17, 15) is 4.39 Å². The minimum atomic E-state index is -1.19. The van der Waals surface area contributed by atoms with Crippen LogP contribution in [0.1, 0.15) is 0 Å². The Morgan fingerprint density at radius 1 is 1.03 bits per heavy atom. The molecule has 0 aliphatic carbocycles. The summed E-state index contributed by atoms with van der Waals surface area (Å²) in [5.41, 5.74) is 8.49. The van der Waals surface area contributed by atoms with E-state index in [0.29, 0.717) is 40.5 Å². The number of rotatable bonds is 4. The van der Waals surface area contributed by atoms with E-state index in [1.807, 2.05) is 54.6 Å². The molecule has 3 heterocycles. The molecule has 0 amide bonds. The second kappa shape index (κ2) is 7.57. The molecule has 0 saturated carbocycles. The predicted molar refractivity (Wildman–Crippen MR) is 114 cm³/mol. The van der Waals surface area contributed by atoms with Crippen molar-refractivity contribution in [1.29, 1.82) is 0 Å². The van der Waals surface area contributed by atoms with Gasteiger partial charge in [-0.15, -0.1) is 0 Å². The molecule has 30 heavy (non-hydrogen) atoms. The van der Waals surface area contributed by atoms with Crippen molar-refractivity contribution < 1.29 is 9.13 Å². The van der Waals surface area contributed by atoms with Crippen LogP contribution in [0.2, 0.25) is 0 Å². The number of nitrogens with zero attached hydrogens (tertiary/aromatic N) is 4. The first-order valence-electron chi connectivity index (χ1n) is 9.58. The second-order valence-corrected chi connectivity index (χ2v) is 6.91. The summed E-state index contributed by atoms with van der Waals surface area (Å²) in [6, 6.07) is 17.0. The van der Waals surface area contributed by atoms with Gasteiger partial charge in [-0.1, -0.05) is 18.2 Å². The lowest BCUT2D eigenvalue weighted by Gasteiger charge is -2.18. The summed E-state index contributed by atoms with van der Waals surface area (Å²) < 4.78 is 21.9. The van der Waals surface area contributed by atoms with Gasteiger partial charge >= 0.3 is 0 Å². The zero-order valence-corrected chi connectivity index (χ0v) is 16.0. The van der Waals surface area contributed by atoms with Gasteiger partial charge in [-0.2, -0.15) is 5.10 Å². The minimum Gasteiger partial charge on any atom is -0.457 e. The fraction of sp³-hybridized carbons (Fsp3) is 0.136. The van der Waals surface area contributed by atoms with Gasteiger partial charge in [0.05, 0.1) is 11.1 Å². The first kappa shape index (κ1) is 18.3. The van der Waals surface area contributed by atoms with Crippen molar-refractivity contribution in [2.24, 2.45) is 0 Å². The van der Waals surface area contributed by atoms with Crippen molar-refractivity contribution in [2.75, 3.05) is 18.8 Å². The number of fused-ring (bicyclic) bond motifs is 1. The van der Waals surface area contributed by atoms with Crippen molar-refractivity contribution in [3.63, 3.8) is 0 Å². The number of hydrogen-bond acceptors (Lipinski definition) is 6. The Labute approximate surface area is 172 Å². The fourth-order valence-electron chi connectivity index (χ4n) is 3.50. The SMILES string of the molecule is Nc1ncnc2c1c(-c1ccc(Oc3ccccc3)cc1)nn2C1=CCNCC1F. The van der Waals surface area contributed by atoms with Crippen LogP contribution in [0, 0.1) is 0 Å². The third kappa shape index (κ3) is 3.27. The van der Waals surface area contributed by atoms with Crippen molar-refractivity contribution in [1.82, 2.24) is 25.1 Å². The Morgan fingerprint density at radius 3 is 2.57 bits per heavy atom. The number of benzene rings is 2. The largest absolute Gasteiger partial charge is 0.457 e. The third-order valence-corrected chi connectivity index (χ3v) is 4.95. The Bertz CT molecular complexity index is 1220. The van der Waals surface area contributed by atoms with Crippen LogP contribution < -0.4 is 15.8 Å². The zero-order chi connectivity index (χ0) is 20.5. The van der Waals surface area contributed by atoms with Gasteiger partial charge in [-0.05, 0) is 42.5 Å². The van der Waals surface area contributed by atoms with Crippen molar-refractivity contribution in [2.45, 2.75) is 6.17 Å². The molecule has 1 aliphatic heterocycles. The number of halogens is 1. The molecule has 5 rings (SSSR count). The van der Waals surface area contributed by atoms with Crippen molar-refractivity contribution in [3.8, 4) is 22.8 Å². The molecule has 4 aromatic rings. The van der Waals surface area contributed by atoms with Crippen molar-refractivity contribution in [3.05, 3.63) is 67.0 Å².